The molecule has 0 saturated carbocycles. The molecule has 1 fully saturated rings. The predicted octanol–water partition coefficient (Wildman–Crippen LogP) is 2.21. The maximum atomic E-state index is 12.0. The van der Waals surface area contributed by atoms with Crippen molar-refractivity contribution in [1.29, 1.82) is 0 Å². The summed E-state index contributed by atoms with van der Waals surface area (Å²) in [6.07, 6.45) is 5.22. The molecule has 2 N–H and O–H groups in total. The van der Waals surface area contributed by atoms with E-state index >= 15 is 0 Å². The van der Waals surface area contributed by atoms with Crippen LogP contribution in [0, 0.1) is 0 Å². The Kier molecular flexibility index (Phi) is 5.95. The number of hydrogen-bond acceptors (Lipinski definition) is 2. The third-order valence-corrected chi connectivity index (χ3v) is 3.55. The molecule has 1 aliphatic rings. The van der Waals surface area contributed by atoms with Crippen LogP contribution >= 0.6 is 0 Å². The van der Waals surface area contributed by atoms with Gasteiger partial charge in [0, 0.05) is 12.6 Å². The predicted molar refractivity (Wildman–Crippen MR) is 69.5 cm³/mol. The molecule has 0 aromatic rings. The number of carbonyl (C=O) groups is 2. The van der Waals surface area contributed by atoms with Gasteiger partial charge in [0.2, 0.25) is 0 Å². The number of aliphatic carboxylic acids is 1. The molecule has 1 saturated heterocycles. The van der Waals surface area contributed by atoms with Crippen LogP contribution in [0.1, 0.15) is 52.4 Å². The molecule has 2 amide bonds. The lowest BCUT2D eigenvalue weighted by molar-refractivity contribution is -0.139. The van der Waals surface area contributed by atoms with Gasteiger partial charge in [-0.05, 0) is 25.7 Å². The molecule has 0 radical (unpaired) electrons. The Morgan fingerprint density at radius 2 is 2.17 bits per heavy atom. The number of hydrogen-bond donors (Lipinski definition) is 2. The molecule has 0 spiro atoms. The molecule has 1 aliphatic heterocycles. The van der Waals surface area contributed by atoms with Crippen LogP contribution in [0.15, 0.2) is 0 Å². The third kappa shape index (κ3) is 3.89. The van der Waals surface area contributed by atoms with E-state index in [0.29, 0.717) is 6.42 Å². The number of carboxylic acid groups (broad SMARTS) is 1. The van der Waals surface area contributed by atoms with Crippen molar-refractivity contribution in [1.82, 2.24) is 10.2 Å². The highest BCUT2D eigenvalue weighted by molar-refractivity contribution is 5.82. The number of rotatable bonds is 6. The van der Waals surface area contributed by atoms with Gasteiger partial charge in [-0.3, -0.25) is 0 Å². The minimum atomic E-state index is -0.941. The van der Waals surface area contributed by atoms with Gasteiger partial charge in [0.05, 0.1) is 0 Å². The lowest BCUT2D eigenvalue weighted by atomic mass is 10.1. The quantitative estimate of drug-likeness (QED) is 0.765. The Morgan fingerprint density at radius 3 is 2.72 bits per heavy atom. The highest BCUT2D eigenvalue weighted by atomic mass is 16.4. The number of nitrogens with zero attached hydrogens (tertiary/aromatic N) is 1. The molecule has 0 aliphatic carbocycles. The molecule has 1 rings (SSSR count). The second kappa shape index (κ2) is 7.24. The largest absolute Gasteiger partial charge is 0.480 e. The molecule has 5 heteroatoms. The summed E-state index contributed by atoms with van der Waals surface area (Å²) < 4.78 is 0. The number of carbonyl (C=O) groups excluding carboxylic acids is 1. The molecule has 2 atom stereocenters. The minimum absolute atomic E-state index is 0.220. The maximum absolute atomic E-state index is 12.0. The SMILES string of the molecule is CCCC[C@H](NC(=O)N1CCCC1CC)C(=O)O. The summed E-state index contributed by atoms with van der Waals surface area (Å²) in [7, 11) is 0. The van der Waals surface area contributed by atoms with E-state index in [0.717, 1.165) is 38.6 Å². The fourth-order valence-corrected chi connectivity index (χ4v) is 2.43. The van der Waals surface area contributed by atoms with E-state index in [2.05, 4.69) is 12.2 Å². The Bertz CT molecular complexity index is 294. The average molecular weight is 256 g/mol. The zero-order valence-corrected chi connectivity index (χ0v) is 11.3. The molecule has 0 aromatic carbocycles. The molecule has 1 heterocycles. The number of amides is 2. The second-order valence-corrected chi connectivity index (χ2v) is 4.88. The topological polar surface area (TPSA) is 69.6 Å². The number of nitrogens with one attached hydrogen (secondary N) is 1. The van der Waals surface area contributed by atoms with E-state index in [1.165, 1.54) is 0 Å². The van der Waals surface area contributed by atoms with E-state index in [9.17, 15) is 9.59 Å². The summed E-state index contributed by atoms with van der Waals surface area (Å²) in [4.78, 5) is 24.9. The van der Waals surface area contributed by atoms with Crippen LogP contribution in [-0.2, 0) is 4.79 Å². The summed E-state index contributed by atoms with van der Waals surface area (Å²) in [6, 6.07) is -0.705. The second-order valence-electron chi connectivity index (χ2n) is 4.88. The van der Waals surface area contributed by atoms with Crippen LogP contribution in [0.25, 0.3) is 0 Å². The molecule has 18 heavy (non-hydrogen) atoms. The van der Waals surface area contributed by atoms with Gasteiger partial charge in [-0.15, -0.1) is 0 Å². The van der Waals surface area contributed by atoms with Crippen LogP contribution in [0.2, 0.25) is 0 Å². The van der Waals surface area contributed by atoms with E-state index in [1.807, 2.05) is 6.92 Å². The van der Waals surface area contributed by atoms with Crippen molar-refractivity contribution in [3.05, 3.63) is 0 Å². The van der Waals surface area contributed by atoms with Crippen molar-refractivity contribution in [3.8, 4) is 0 Å². The van der Waals surface area contributed by atoms with Crippen molar-refractivity contribution >= 4 is 12.0 Å². The van der Waals surface area contributed by atoms with Crippen molar-refractivity contribution in [2.45, 2.75) is 64.5 Å². The Labute approximate surface area is 109 Å². The van der Waals surface area contributed by atoms with Gasteiger partial charge in [0.1, 0.15) is 6.04 Å². The van der Waals surface area contributed by atoms with Gasteiger partial charge in [0.25, 0.3) is 0 Å². The lowest BCUT2D eigenvalue weighted by Crippen LogP contribution is -2.49. The number of likely N-dealkylation sites (tertiary alicyclic amines) is 1. The molecule has 0 aromatic heterocycles. The van der Waals surface area contributed by atoms with E-state index in [4.69, 9.17) is 5.11 Å². The zero-order chi connectivity index (χ0) is 13.5. The molecule has 104 valence electrons. The number of unbranched alkanes of at least 4 members (excludes halogenated alkanes) is 1. The van der Waals surface area contributed by atoms with Crippen LogP contribution in [-0.4, -0.2) is 40.6 Å². The lowest BCUT2D eigenvalue weighted by Gasteiger charge is -2.26. The zero-order valence-electron chi connectivity index (χ0n) is 11.3. The van der Waals surface area contributed by atoms with Crippen LogP contribution < -0.4 is 5.32 Å². The normalized spacial score (nSPS) is 20.8. The molecule has 5 nitrogen and oxygen atoms in total. The smallest absolute Gasteiger partial charge is 0.326 e. The molecular weight excluding hydrogens is 232 g/mol. The number of urea groups is 1. The van der Waals surface area contributed by atoms with E-state index in [1.54, 1.807) is 4.90 Å². The van der Waals surface area contributed by atoms with Crippen LogP contribution in [0.4, 0.5) is 4.79 Å². The fraction of sp³-hybridized carbons (Fsp3) is 0.846. The molecular formula is C13H24N2O3. The molecule has 0 bridgehead atoms. The summed E-state index contributed by atoms with van der Waals surface area (Å²) in [6.45, 7) is 4.81. The van der Waals surface area contributed by atoms with E-state index in [-0.39, 0.29) is 12.1 Å². The van der Waals surface area contributed by atoms with Gasteiger partial charge >= 0.3 is 12.0 Å². The minimum Gasteiger partial charge on any atom is -0.480 e. The Morgan fingerprint density at radius 1 is 1.44 bits per heavy atom. The standard InChI is InChI=1S/C13H24N2O3/c1-3-5-8-11(12(16)17)14-13(18)15-9-6-7-10(15)4-2/h10-11H,3-9H2,1-2H3,(H,14,18)(H,16,17)/t10?,11-/m0/s1. The highest BCUT2D eigenvalue weighted by Gasteiger charge is 2.29. The Hall–Kier alpha value is -1.26. The van der Waals surface area contributed by atoms with Crippen molar-refractivity contribution in [2.24, 2.45) is 0 Å². The van der Waals surface area contributed by atoms with Crippen molar-refractivity contribution in [3.63, 3.8) is 0 Å². The van der Waals surface area contributed by atoms with Crippen molar-refractivity contribution in [2.75, 3.05) is 6.54 Å². The first-order valence-electron chi connectivity index (χ1n) is 6.90. The first-order chi connectivity index (χ1) is 8.60. The maximum Gasteiger partial charge on any atom is 0.326 e. The van der Waals surface area contributed by atoms with E-state index < -0.39 is 12.0 Å². The highest BCUT2D eigenvalue weighted by Crippen LogP contribution is 2.19. The van der Waals surface area contributed by atoms with Crippen LogP contribution in [0.3, 0.4) is 0 Å². The monoisotopic (exact) mass is 256 g/mol. The first-order valence-corrected chi connectivity index (χ1v) is 6.90. The first kappa shape index (κ1) is 14.8. The van der Waals surface area contributed by atoms with Gasteiger partial charge in [0.15, 0.2) is 0 Å². The van der Waals surface area contributed by atoms with Gasteiger partial charge in [-0.2, -0.15) is 0 Å². The average Bonchev–Trinajstić information content (AvgIpc) is 2.82. The molecule has 1 unspecified atom stereocenters. The third-order valence-electron chi connectivity index (χ3n) is 3.55. The Balaban J connectivity index is 2.52. The summed E-state index contributed by atoms with van der Waals surface area (Å²) >= 11 is 0. The van der Waals surface area contributed by atoms with Crippen molar-refractivity contribution < 1.29 is 14.7 Å². The fourth-order valence-electron chi connectivity index (χ4n) is 2.43. The summed E-state index contributed by atoms with van der Waals surface area (Å²) in [5, 5.41) is 11.7. The summed E-state index contributed by atoms with van der Waals surface area (Å²) in [5.41, 5.74) is 0. The van der Waals surface area contributed by atoms with Gasteiger partial charge in [-0.1, -0.05) is 26.7 Å². The summed E-state index contributed by atoms with van der Waals surface area (Å²) in [5.74, 6) is -0.941. The van der Waals surface area contributed by atoms with Gasteiger partial charge in [-0.25, -0.2) is 9.59 Å². The van der Waals surface area contributed by atoms with Crippen LogP contribution in [0.5, 0.6) is 0 Å². The number of carboxylic acids is 1. The van der Waals surface area contributed by atoms with Gasteiger partial charge < -0.3 is 15.3 Å².